The van der Waals surface area contributed by atoms with Gasteiger partial charge in [-0.25, -0.2) is 9.78 Å². The van der Waals surface area contributed by atoms with Gasteiger partial charge in [0.25, 0.3) is 0 Å². The van der Waals surface area contributed by atoms with Gasteiger partial charge in [-0.15, -0.1) is 0 Å². The molecule has 0 atom stereocenters. The monoisotopic (exact) mass is 340 g/mol. The Morgan fingerprint density at radius 2 is 1.96 bits per heavy atom. The number of anilines is 3. The number of esters is 1. The van der Waals surface area contributed by atoms with Gasteiger partial charge in [-0.2, -0.15) is 4.98 Å². The van der Waals surface area contributed by atoms with Crippen LogP contribution in [0.5, 0.6) is 0 Å². The molecule has 0 saturated heterocycles. The molecule has 25 heavy (non-hydrogen) atoms. The zero-order valence-electron chi connectivity index (χ0n) is 14.5. The molecule has 6 nitrogen and oxygen atoms in total. The summed E-state index contributed by atoms with van der Waals surface area (Å²) in [5, 5.41) is 6.66. The van der Waals surface area contributed by atoms with E-state index in [9.17, 15) is 4.79 Å². The molecule has 1 aromatic heterocycles. The molecule has 1 fully saturated rings. The average Bonchev–Trinajstić information content (AvgIpc) is 2.90. The smallest absolute Gasteiger partial charge is 0.337 e. The molecule has 1 aromatic carbocycles. The SMILES string of the molecule is COC(=O)c1cccc(Nc2ccnc(NC3CCCCCC3)n2)c1. The van der Waals surface area contributed by atoms with E-state index in [1.54, 1.807) is 24.4 Å². The Labute approximate surface area is 148 Å². The molecular weight excluding hydrogens is 316 g/mol. The van der Waals surface area contributed by atoms with Crippen molar-refractivity contribution >= 4 is 23.4 Å². The maximum atomic E-state index is 11.6. The van der Waals surface area contributed by atoms with Crippen molar-refractivity contribution in [2.45, 2.75) is 44.6 Å². The number of benzene rings is 1. The summed E-state index contributed by atoms with van der Waals surface area (Å²) in [6.45, 7) is 0. The number of ether oxygens (including phenoxy) is 1. The van der Waals surface area contributed by atoms with Crippen molar-refractivity contribution in [3.63, 3.8) is 0 Å². The Balaban J connectivity index is 1.68. The third-order valence-electron chi connectivity index (χ3n) is 4.40. The molecule has 0 bridgehead atoms. The van der Waals surface area contributed by atoms with Gasteiger partial charge in [-0.05, 0) is 37.1 Å². The van der Waals surface area contributed by atoms with Crippen LogP contribution in [0.25, 0.3) is 0 Å². The highest BCUT2D eigenvalue weighted by Crippen LogP contribution is 2.21. The van der Waals surface area contributed by atoms with Gasteiger partial charge in [0.05, 0.1) is 12.7 Å². The van der Waals surface area contributed by atoms with Crippen molar-refractivity contribution in [2.75, 3.05) is 17.7 Å². The lowest BCUT2D eigenvalue weighted by Gasteiger charge is -2.16. The molecule has 0 spiro atoms. The molecule has 2 N–H and O–H groups in total. The van der Waals surface area contributed by atoms with Crippen LogP contribution in [0.3, 0.4) is 0 Å². The van der Waals surface area contributed by atoms with Crippen molar-refractivity contribution in [3.8, 4) is 0 Å². The van der Waals surface area contributed by atoms with Gasteiger partial charge in [0.1, 0.15) is 5.82 Å². The molecule has 1 aliphatic rings. The summed E-state index contributed by atoms with van der Waals surface area (Å²) < 4.78 is 4.75. The van der Waals surface area contributed by atoms with E-state index >= 15 is 0 Å². The van der Waals surface area contributed by atoms with E-state index in [0.717, 1.165) is 5.69 Å². The number of hydrogen-bond donors (Lipinski definition) is 2. The van der Waals surface area contributed by atoms with Crippen LogP contribution in [-0.2, 0) is 4.74 Å². The molecule has 2 aromatic rings. The zero-order valence-corrected chi connectivity index (χ0v) is 14.5. The number of carbonyl (C=O) groups is 1. The lowest BCUT2D eigenvalue weighted by Crippen LogP contribution is -2.20. The predicted molar refractivity (Wildman–Crippen MR) is 98.2 cm³/mol. The summed E-state index contributed by atoms with van der Waals surface area (Å²) in [6.07, 6.45) is 9.23. The Morgan fingerprint density at radius 1 is 1.16 bits per heavy atom. The molecule has 1 saturated carbocycles. The van der Waals surface area contributed by atoms with Crippen molar-refractivity contribution in [1.29, 1.82) is 0 Å². The minimum absolute atomic E-state index is 0.359. The van der Waals surface area contributed by atoms with Crippen molar-refractivity contribution in [1.82, 2.24) is 9.97 Å². The van der Waals surface area contributed by atoms with Crippen molar-refractivity contribution in [2.24, 2.45) is 0 Å². The Hall–Kier alpha value is -2.63. The molecule has 3 rings (SSSR count). The quantitative estimate of drug-likeness (QED) is 0.629. The van der Waals surface area contributed by atoms with Gasteiger partial charge >= 0.3 is 5.97 Å². The standard InChI is InChI=1S/C19H24N4O2/c1-25-18(24)14-7-6-10-16(13-14)21-17-11-12-20-19(23-17)22-15-8-4-2-3-5-9-15/h6-7,10-13,15H,2-5,8-9H2,1H3,(H2,20,21,22,23). The first-order valence-electron chi connectivity index (χ1n) is 8.79. The molecule has 0 amide bonds. The van der Waals surface area contributed by atoms with Crippen LogP contribution in [0.2, 0.25) is 0 Å². The third kappa shape index (κ3) is 4.92. The van der Waals surface area contributed by atoms with Gasteiger partial charge in [0.15, 0.2) is 0 Å². The number of aromatic nitrogens is 2. The summed E-state index contributed by atoms with van der Waals surface area (Å²) >= 11 is 0. The minimum atomic E-state index is -0.359. The van der Waals surface area contributed by atoms with Gasteiger partial charge in [0, 0.05) is 17.9 Å². The lowest BCUT2D eigenvalue weighted by molar-refractivity contribution is 0.0601. The first-order chi connectivity index (χ1) is 12.2. The average molecular weight is 340 g/mol. The number of nitrogens with one attached hydrogen (secondary N) is 2. The maximum Gasteiger partial charge on any atom is 0.337 e. The van der Waals surface area contributed by atoms with Crippen LogP contribution in [0.1, 0.15) is 48.9 Å². The molecule has 1 heterocycles. The first-order valence-corrected chi connectivity index (χ1v) is 8.79. The summed E-state index contributed by atoms with van der Waals surface area (Å²) in [5.41, 5.74) is 1.28. The fourth-order valence-electron chi connectivity index (χ4n) is 3.09. The molecule has 132 valence electrons. The largest absolute Gasteiger partial charge is 0.465 e. The summed E-state index contributed by atoms with van der Waals surface area (Å²) in [4.78, 5) is 20.5. The highest BCUT2D eigenvalue weighted by atomic mass is 16.5. The number of carbonyl (C=O) groups excluding carboxylic acids is 1. The van der Waals surface area contributed by atoms with Gasteiger partial charge in [-0.3, -0.25) is 0 Å². The van der Waals surface area contributed by atoms with E-state index in [1.807, 2.05) is 12.1 Å². The molecule has 6 heteroatoms. The second-order valence-electron chi connectivity index (χ2n) is 6.30. The highest BCUT2D eigenvalue weighted by Gasteiger charge is 2.13. The van der Waals surface area contributed by atoms with Crippen LogP contribution in [0.4, 0.5) is 17.5 Å². The Bertz CT molecular complexity index is 712. The highest BCUT2D eigenvalue weighted by molar-refractivity contribution is 5.90. The van der Waals surface area contributed by atoms with Crippen LogP contribution in [0, 0.1) is 0 Å². The van der Waals surface area contributed by atoms with E-state index in [0.29, 0.717) is 23.4 Å². The van der Waals surface area contributed by atoms with Crippen LogP contribution >= 0.6 is 0 Å². The minimum Gasteiger partial charge on any atom is -0.465 e. The summed E-state index contributed by atoms with van der Waals surface area (Å²) in [5.74, 6) is 0.969. The predicted octanol–water partition coefficient (Wildman–Crippen LogP) is 4.14. The van der Waals surface area contributed by atoms with E-state index in [4.69, 9.17) is 4.74 Å². The zero-order chi connectivity index (χ0) is 17.5. The number of methoxy groups -OCH3 is 1. The second-order valence-corrected chi connectivity index (χ2v) is 6.30. The number of nitrogens with zero attached hydrogens (tertiary/aromatic N) is 2. The summed E-state index contributed by atoms with van der Waals surface area (Å²) in [7, 11) is 1.37. The second kappa shape index (κ2) is 8.46. The topological polar surface area (TPSA) is 76.1 Å². The fourth-order valence-corrected chi connectivity index (χ4v) is 3.09. The summed E-state index contributed by atoms with van der Waals surface area (Å²) in [6, 6.07) is 9.40. The Kier molecular flexibility index (Phi) is 5.82. The molecule has 0 radical (unpaired) electrons. The van der Waals surface area contributed by atoms with E-state index in [1.165, 1.54) is 45.6 Å². The van der Waals surface area contributed by atoms with Crippen molar-refractivity contribution < 1.29 is 9.53 Å². The molecule has 1 aliphatic carbocycles. The van der Waals surface area contributed by atoms with Gasteiger partial charge in [0.2, 0.25) is 5.95 Å². The van der Waals surface area contributed by atoms with Gasteiger partial charge < -0.3 is 15.4 Å². The van der Waals surface area contributed by atoms with E-state index in [-0.39, 0.29) is 5.97 Å². The van der Waals surface area contributed by atoms with E-state index in [2.05, 4.69) is 20.6 Å². The normalized spacial score (nSPS) is 15.2. The van der Waals surface area contributed by atoms with Crippen molar-refractivity contribution in [3.05, 3.63) is 42.1 Å². The van der Waals surface area contributed by atoms with Crippen LogP contribution in [0.15, 0.2) is 36.5 Å². The van der Waals surface area contributed by atoms with Crippen LogP contribution < -0.4 is 10.6 Å². The fraction of sp³-hybridized carbons (Fsp3) is 0.421. The molecule has 0 aliphatic heterocycles. The lowest BCUT2D eigenvalue weighted by atomic mass is 10.1. The number of rotatable bonds is 5. The number of hydrogen-bond acceptors (Lipinski definition) is 6. The molecular formula is C19H24N4O2. The van der Waals surface area contributed by atoms with Crippen LogP contribution in [-0.4, -0.2) is 29.1 Å². The first kappa shape index (κ1) is 17.2. The Morgan fingerprint density at radius 3 is 2.72 bits per heavy atom. The van der Waals surface area contributed by atoms with E-state index < -0.39 is 0 Å². The molecule has 0 unspecified atom stereocenters. The third-order valence-corrected chi connectivity index (χ3v) is 4.40. The van der Waals surface area contributed by atoms with Gasteiger partial charge in [-0.1, -0.05) is 31.7 Å². The maximum absolute atomic E-state index is 11.6.